The van der Waals surface area contributed by atoms with Gasteiger partial charge in [0.2, 0.25) is 0 Å². The van der Waals surface area contributed by atoms with Crippen molar-refractivity contribution >= 4 is 11.6 Å². The number of hydrogen-bond donors (Lipinski definition) is 2. The Morgan fingerprint density at radius 1 is 1.37 bits per heavy atom. The van der Waals surface area contributed by atoms with Crippen molar-refractivity contribution in [1.82, 2.24) is 14.9 Å². The summed E-state index contributed by atoms with van der Waals surface area (Å²) in [4.78, 5) is 11.4. The Bertz CT molecular complexity index is 437. The normalized spacial score (nSPS) is 21.5. The lowest BCUT2D eigenvalue weighted by molar-refractivity contribution is 0.269. The second-order valence-corrected chi connectivity index (χ2v) is 5.78. The Hall–Kier alpha value is -1.36. The fraction of sp³-hybridized carbons (Fsp3) is 0.714. The minimum atomic E-state index is 0.542. The number of likely N-dealkylation sites (tertiary alicyclic amines) is 1. The number of nitrogen functional groups attached to an aromatic ring is 1. The van der Waals surface area contributed by atoms with Crippen LogP contribution in [0.3, 0.4) is 0 Å². The fourth-order valence-corrected chi connectivity index (χ4v) is 2.66. The molecule has 2 heterocycles. The van der Waals surface area contributed by atoms with E-state index >= 15 is 0 Å². The molecule has 1 aliphatic heterocycles. The summed E-state index contributed by atoms with van der Waals surface area (Å²) in [6, 6.07) is 2.38. The Kier molecular flexibility index (Phi) is 3.55. The van der Waals surface area contributed by atoms with Gasteiger partial charge in [-0.2, -0.15) is 0 Å². The molecule has 1 atom stereocenters. The second kappa shape index (κ2) is 5.33. The highest BCUT2D eigenvalue weighted by Gasteiger charge is 2.27. The zero-order valence-corrected chi connectivity index (χ0v) is 11.6. The van der Waals surface area contributed by atoms with Crippen molar-refractivity contribution in [2.24, 2.45) is 0 Å². The third-order valence-corrected chi connectivity index (χ3v) is 4.05. The number of anilines is 2. The summed E-state index contributed by atoms with van der Waals surface area (Å²) < 4.78 is 0. The molecule has 1 aliphatic carbocycles. The van der Waals surface area contributed by atoms with Crippen molar-refractivity contribution in [3.05, 3.63) is 11.9 Å². The van der Waals surface area contributed by atoms with Gasteiger partial charge in [0.15, 0.2) is 0 Å². The number of hydrogen-bond acceptors (Lipinski definition) is 5. The largest absolute Gasteiger partial charge is 0.384 e. The summed E-state index contributed by atoms with van der Waals surface area (Å²) in [7, 11) is 0. The number of nitrogens with zero attached hydrogens (tertiary/aromatic N) is 3. The van der Waals surface area contributed by atoms with Crippen LogP contribution in [0.5, 0.6) is 0 Å². The van der Waals surface area contributed by atoms with Crippen LogP contribution in [0.15, 0.2) is 6.07 Å². The van der Waals surface area contributed by atoms with Gasteiger partial charge in [0.1, 0.15) is 17.5 Å². The molecule has 1 aromatic heterocycles. The first-order valence-corrected chi connectivity index (χ1v) is 7.35. The van der Waals surface area contributed by atoms with Crippen LogP contribution in [0, 0.1) is 0 Å². The first-order valence-electron chi connectivity index (χ1n) is 7.35. The fourth-order valence-electron chi connectivity index (χ4n) is 2.66. The van der Waals surface area contributed by atoms with Gasteiger partial charge in [-0.3, -0.25) is 4.90 Å². The number of rotatable bonds is 5. The van der Waals surface area contributed by atoms with E-state index in [2.05, 4.69) is 27.1 Å². The molecule has 104 valence electrons. The molecule has 0 radical (unpaired) electrons. The van der Waals surface area contributed by atoms with E-state index in [1.165, 1.54) is 38.8 Å². The topological polar surface area (TPSA) is 67.1 Å². The van der Waals surface area contributed by atoms with E-state index in [9.17, 15) is 0 Å². The van der Waals surface area contributed by atoms with Crippen LogP contribution >= 0.6 is 0 Å². The highest BCUT2D eigenvalue weighted by atomic mass is 15.2. The van der Waals surface area contributed by atoms with Gasteiger partial charge >= 0.3 is 0 Å². The predicted molar refractivity (Wildman–Crippen MR) is 77.2 cm³/mol. The lowest BCUT2D eigenvalue weighted by Gasteiger charge is -2.24. The maximum Gasteiger partial charge on any atom is 0.136 e. The maximum absolute atomic E-state index is 5.85. The van der Waals surface area contributed by atoms with Crippen molar-refractivity contribution in [2.45, 2.75) is 44.6 Å². The first kappa shape index (κ1) is 12.7. The molecule has 5 nitrogen and oxygen atoms in total. The second-order valence-electron chi connectivity index (χ2n) is 5.78. The molecule has 19 heavy (non-hydrogen) atoms. The third-order valence-electron chi connectivity index (χ3n) is 4.05. The molecule has 0 aromatic carbocycles. The molecule has 1 unspecified atom stereocenters. The van der Waals surface area contributed by atoms with E-state index < -0.39 is 0 Å². The van der Waals surface area contributed by atoms with Crippen LogP contribution in [0.1, 0.15) is 44.3 Å². The number of nitrogens with two attached hydrogens (primary N) is 1. The molecule has 5 heteroatoms. The molecule has 1 aromatic rings. The Morgan fingerprint density at radius 3 is 2.79 bits per heavy atom. The van der Waals surface area contributed by atoms with E-state index in [1.807, 2.05) is 6.07 Å². The summed E-state index contributed by atoms with van der Waals surface area (Å²) in [5, 5.41) is 3.41. The van der Waals surface area contributed by atoms with Crippen LogP contribution in [0.4, 0.5) is 11.6 Å². The lowest BCUT2D eigenvalue weighted by Crippen LogP contribution is -2.35. The minimum Gasteiger partial charge on any atom is -0.384 e. The van der Waals surface area contributed by atoms with Crippen molar-refractivity contribution in [2.75, 3.05) is 30.7 Å². The van der Waals surface area contributed by atoms with Gasteiger partial charge in [-0.25, -0.2) is 9.97 Å². The predicted octanol–water partition coefficient (Wildman–Crippen LogP) is 1.83. The standard InChI is InChI=1S/C14H23N5/c1-10(19-6-2-3-7-19)9-16-13-8-12(15)17-14(18-13)11-4-5-11/h8,10-11H,2-7,9H2,1H3,(H3,15,16,17,18). The molecule has 0 spiro atoms. The third kappa shape index (κ3) is 3.15. The summed E-state index contributed by atoms with van der Waals surface area (Å²) in [5.74, 6) is 2.91. The average Bonchev–Trinajstić information content (AvgIpc) is 3.11. The summed E-state index contributed by atoms with van der Waals surface area (Å²) >= 11 is 0. The van der Waals surface area contributed by atoms with E-state index in [0.29, 0.717) is 17.8 Å². The van der Waals surface area contributed by atoms with Gasteiger partial charge in [0.05, 0.1) is 0 Å². The number of aromatic nitrogens is 2. The molecular weight excluding hydrogens is 238 g/mol. The molecule has 1 saturated carbocycles. The van der Waals surface area contributed by atoms with Crippen LogP contribution in [0.25, 0.3) is 0 Å². The molecule has 2 aliphatic rings. The molecule has 3 rings (SSSR count). The van der Waals surface area contributed by atoms with Crippen molar-refractivity contribution in [1.29, 1.82) is 0 Å². The highest BCUT2D eigenvalue weighted by molar-refractivity contribution is 5.45. The maximum atomic E-state index is 5.85. The van der Waals surface area contributed by atoms with Crippen LogP contribution < -0.4 is 11.1 Å². The molecule has 3 N–H and O–H groups in total. The molecular formula is C14H23N5. The minimum absolute atomic E-state index is 0.542. The molecule has 0 amide bonds. The zero-order valence-electron chi connectivity index (χ0n) is 11.6. The SMILES string of the molecule is CC(CNc1cc(N)nc(C2CC2)n1)N1CCCC1. The van der Waals surface area contributed by atoms with Crippen molar-refractivity contribution < 1.29 is 0 Å². The van der Waals surface area contributed by atoms with E-state index in [1.54, 1.807) is 0 Å². The molecule has 0 bridgehead atoms. The molecule has 1 saturated heterocycles. The van der Waals surface area contributed by atoms with Gasteiger partial charge in [-0.1, -0.05) is 0 Å². The van der Waals surface area contributed by atoms with E-state index in [0.717, 1.165) is 18.2 Å². The van der Waals surface area contributed by atoms with Crippen LogP contribution in [0.2, 0.25) is 0 Å². The van der Waals surface area contributed by atoms with Crippen molar-refractivity contribution in [3.63, 3.8) is 0 Å². The van der Waals surface area contributed by atoms with Crippen LogP contribution in [-0.2, 0) is 0 Å². The van der Waals surface area contributed by atoms with E-state index in [-0.39, 0.29) is 0 Å². The Balaban J connectivity index is 1.59. The van der Waals surface area contributed by atoms with Crippen LogP contribution in [-0.4, -0.2) is 40.5 Å². The lowest BCUT2D eigenvalue weighted by atomic mass is 10.3. The van der Waals surface area contributed by atoms with Gasteiger partial charge in [0, 0.05) is 24.6 Å². The average molecular weight is 261 g/mol. The smallest absolute Gasteiger partial charge is 0.136 e. The quantitative estimate of drug-likeness (QED) is 0.846. The Morgan fingerprint density at radius 2 is 2.11 bits per heavy atom. The highest BCUT2D eigenvalue weighted by Crippen LogP contribution is 2.38. The van der Waals surface area contributed by atoms with Gasteiger partial charge in [-0.05, 0) is 45.7 Å². The number of nitrogens with one attached hydrogen (secondary N) is 1. The summed E-state index contributed by atoms with van der Waals surface area (Å²) in [6.45, 7) is 5.63. The zero-order chi connectivity index (χ0) is 13.2. The van der Waals surface area contributed by atoms with Crippen molar-refractivity contribution in [3.8, 4) is 0 Å². The van der Waals surface area contributed by atoms with E-state index in [4.69, 9.17) is 5.73 Å². The summed E-state index contributed by atoms with van der Waals surface area (Å²) in [5.41, 5.74) is 5.85. The Labute approximate surface area is 114 Å². The van der Waals surface area contributed by atoms with Gasteiger partial charge in [0.25, 0.3) is 0 Å². The van der Waals surface area contributed by atoms with Gasteiger partial charge in [-0.15, -0.1) is 0 Å². The summed E-state index contributed by atoms with van der Waals surface area (Å²) in [6.07, 6.45) is 5.06. The molecule has 2 fully saturated rings. The monoisotopic (exact) mass is 261 g/mol. The first-order chi connectivity index (χ1) is 9.22. The van der Waals surface area contributed by atoms with Gasteiger partial charge < -0.3 is 11.1 Å².